The largest absolute Gasteiger partial charge is 0.493 e. The number of para-hydroxylation sites is 1. The molecule has 1 N–H and O–H groups in total. The van der Waals surface area contributed by atoms with Crippen molar-refractivity contribution in [1.29, 1.82) is 0 Å². The van der Waals surface area contributed by atoms with Crippen molar-refractivity contribution in [1.82, 2.24) is 15.5 Å². The topological polar surface area (TPSA) is 76.6 Å². The second-order valence-electron chi connectivity index (χ2n) is 6.68. The quantitative estimate of drug-likeness (QED) is 0.697. The third-order valence-electron chi connectivity index (χ3n) is 4.95. The van der Waals surface area contributed by atoms with Crippen LogP contribution in [0.3, 0.4) is 0 Å². The van der Waals surface area contributed by atoms with Crippen molar-refractivity contribution < 1.29 is 14.3 Å². The minimum absolute atomic E-state index is 0.277. The van der Waals surface area contributed by atoms with Crippen molar-refractivity contribution in [2.24, 2.45) is 0 Å². The average molecular weight is 390 g/mol. The number of benzene rings is 2. The number of amides is 1. The zero-order valence-electron chi connectivity index (χ0n) is 16.4. The predicted molar refractivity (Wildman–Crippen MR) is 110 cm³/mol. The van der Waals surface area contributed by atoms with Crippen LogP contribution in [0.15, 0.2) is 54.6 Å². The van der Waals surface area contributed by atoms with E-state index >= 15 is 0 Å². The Balaban J connectivity index is 1.41. The van der Waals surface area contributed by atoms with Crippen LogP contribution in [0, 0.1) is 0 Å². The summed E-state index contributed by atoms with van der Waals surface area (Å²) in [5.41, 5.74) is 3.62. The van der Waals surface area contributed by atoms with Gasteiger partial charge in [-0.2, -0.15) is 0 Å². The van der Waals surface area contributed by atoms with Crippen LogP contribution in [0.4, 0.5) is 11.5 Å². The fourth-order valence-electron chi connectivity index (χ4n) is 3.43. The number of carbonyl (C=O) groups is 1. The first-order chi connectivity index (χ1) is 14.2. The van der Waals surface area contributed by atoms with Gasteiger partial charge < -0.3 is 19.7 Å². The highest BCUT2D eigenvalue weighted by atomic mass is 16.5. The lowest BCUT2D eigenvalue weighted by molar-refractivity contribution is 0.0945. The Morgan fingerprint density at radius 3 is 2.62 bits per heavy atom. The smallest absolute Gasteiger partial charge is 0.272 e. The summed E-state index contributed by atoms with van der Waals surface area (Å²) in [6.45, 7) is 1.21. The van der Waals surface area contributed by atoms with Gasteiger partial charge in [-0.25, -0.2) is 0 Å². The molecular formula is C22H22N4O3. The molecule has 148 valence electrons. The van der Waals surface area contributed by atoms with Crippen LogP contribution in [0.2, 0.25) is 0 Å². The van der Waals surface area contributed by atoms with Crippen molar-refractivity contribution in [3.05, 3.63) is 71.4 Å². The van der Waals surface area contributed by atoms with Crippen molar-refractivity contribution in [2.45, 2.75) is 13.0 Å². The van der Waals surface area contributed by atoms with Gasteiger partial charge in [0.05, 0.1) is 14.2 Å². The van der Waals surface area contributed by atoms with Crippen LogP contribution >= 0.6 is 0 Å². The molecule has 1 aliphatic rings. The predicted octanol–water partition coefficient (Wildman–Crippen LogP) is 3.12. The highest BCUT2D eigenvalue weighted by Crippen LogP contribution is 2.32. The maximum atomic E-state index is 12.4. The first-order valence-corrected chi connectivity index (χ1v) is 9.38. The number of nitrogens with zero attached hydrogens (tertiary/aromatic N) is 3. The molecule has 0 fully saturated rings. The molecule has 7 nitrogen and oxygen atoms in total. The third kappa shape index (κ3) is 3.85. The van der Waals surface area contributed by atoms with Crippen molar-refractivity contribution in [2.75, 3.05) is 25.7 Å². The van der Waals surface area contributed by atoms with Gasteiger partial charge in [0.1, 0.15) is 0 Å². The van der Waals surface area contributed by atoms with Gasteiger partial charge in [-0.05, 0) is 47.9 Å². The van der Waals surface area contributed by atoms with E-state index in [-0.39, 0.29) is 11.6 Å². The van der Waals surface area contributed by atoms with E-state index in [1.165, 1.54) is 5.56 Å². The SMILES string of the molecule is COc1ccc(CNC(=O)c2ccc(N3CCc4ccccc43)nn2)cc1OC. The summed E-state index contributed by atoms with van der Waals surface area (Å²) >= 11 is 0. The van der Waals surface area contributed by atoms with Crippen molar-refractivity contribution >= 4 is 17.4 Å². The molecule has 4 rings (SSSR count). The molecule has 0 atom stereocenters. The van der Waals surface area contributed by atoms with Gasteiger partial charge in [0.2, 0.25) is 0 Å². The van der Waals surface area contributed by atoms with E-state index < -0.39 is 0 Å². The monoisotopic (exact) mass is 390 g/mol. The maximum absolute atomic E-state index is 12.4. The molecule has 1 amide bonds. The van der Waals surface area contributed by atoms with E-state index in [0.29, 0.717) is 18.0 Å². The fourth-order valence-corrected chi connectivity index (χ4v) is 3.43. The standard InChI is InChI=1S/C22H22N4O3/c1-28-19-9-7-15(13-20(19)29-2)14-23-22(27)17-8-10-21(25-24-17)26-12-11-16-5-3-4-6-18(16)26/h3-10,13H,11-12,14H2,1-2H3,(H,23,27). The van der Waals surface area contributed by atoms with E-state index in [2.05, 4.69) is 32.5 Å². The Hall–Kier alpha value is -3.61. The van der Waals surface area contributed by atoms with Crippen molar-refractivity contribution in [3.63, 3.8) is 0 Å². The number of nitrogens with one attached hydrogen (secondary N) is 1. The van der Waals surface area contributed by atoms with E-state index in [1.807, 2.05) is 36.4 Å². The highest BCUT2D eigenvalue weighted by Gasteiger charge is 2.21. The number of aromatic nitrogens is 2. The van der Waals surface area contributed by atoms with Gasteiger partial charge >= 0.3 is 0 Å². The van der Waals surface area contributed by atoms with Crippen molar-refractivity contribution in [3.8, 4) is 11.5 Å². The number of carbonyl (C=O) groups excluding carboxylic acids is 1. The van der Waals surface area contributed by atoms with Crippen LogP contribution < -0.4 is 19.7 Å². The molecule has 7 heteroatoms. The van der Waals surface area contributed by atoms with E-state index in [4.69, 9.17) is 9.47 Å². The van der Waals surface area contributed by atoms with Crippen LogP contribution in [0.25, 0.3) is 0 Å². The summed E-state index contributed by atoms with van der Waals surface area (Å²) < 4.78 is 10.5. The van der Waals surface area contributed by atoms with Crippen LogP contribution in [-0.4, -0.2) is 36.9 Å². The minimum Gasteiger partial charge on any atom is -0.493 e. The van der Waals surface area contributed by atoms with Crippen LogP contribution in [0.5, 0.6) is 11.5 Å². The van der Waals surface area contributed by atoms with E-state index in [1.54, 1.807) is 20.3 Å². The summed E-state index contributed by atoms with van der Waals surface area (Å²) in [6, 6.07) is 17.3. The van der Waals surface area contributed by atoms with Gasteiger partial charge in [0.15, 0.2) is 23.0 Å². The van der Waals surface area contributed by atoms with E-state index in [0.717, 1.165) is 30.0 Å². The number of hydrogen-bond acceptors (Lipinski definition) is 6. The normalized spacial score (nSPS) is 12.4. The van der Waals surface area contributed by atoms with Crippen LogP contribution in [0.1, 0.15) is 21.6 Å². The number of ether oxygens (including phenoxy) is 2. The summed E-state index contributed by atoms with van der Waals surface area (Å²) in [6.07, 6.45) is 0.978. The number of rotatable bonds is 6. The summed E-state index contributed by atoms with van der Waals surface area (Å²) in [7, 11) is 3.17. The summed E-state index contributed by atoms with van der Waals surface area (Å²) in [5, 5.41) is 11.2. The zero-order chi connectivity index (χ0) is 20.2. The first kappa shape index (κ1) is 18.7. The molecule has 2 heterocycles. The Morgan fingerprint density at radius 1 is 1.03 bits per heavy atom. The molecule has 1 aliphatic heterocycles. The van der Waals surface area contributed by atoms with Crippen LogP contribution in [-0.2, 0) is 13.0 Å². The molecule has 2 aromatic carbocycles. The maximum Gasteiger partial charge on any atom is 0.272 e. The Bertz CT molecular complexity index is 1020. The van der Waals surface area contributed by atoms with Gasteiger partial charge in [-0.1, -0.05) is 24.3 Å². The summed E-state index contributed by atoms with van der Waals surface area (Å²) in [4.78, 5) is 14.6. The molecule has 0 spiro atoms. The molecule has 3 aromatic rings. The number of fused-ring (bicyclic) bond motifs is 1. The summed E-state index contributed by atoms with van der Waals surface area (Å²) in [5.74, 6) is 1.73. The lowest BCUT2D eigenvalue weighted by atomic mass is 10.2. The molecule has 0 radical (unpaired) electrons. The molecule has 0 aliphatic carbocycles. The number of anilines is 2. The molecule has 0 bridgehead atoms. The second kappa shape index (κ2) is 8.18. The Kier molecular flexibility index (Phi) is 5.29. The second-order valence-corrected chi connectivity index (χ2v) is 6.68. The number of hydrogen-bond donors (Lipinski definition) is 1. The lowest BCUT2D eigenvalue weighted by Crippen LogP contribution is -2.24. The molecule has 0 saturated heterocycles. The molecule has 0 saturated carbocycles. The Labute approximate surface area is 169 Å². The fraction of sp³-hybridized carbons (Fsp3) is 0.227. The zero-order valence-corrected chi connectivity index (χ0v) is 16.4. The minimum atomic E-state index is -0.277. The van der Waals surface area contributed by atoms with E-state index in [9.17, 15) is 4.79 Å². The first-order valence-electron chi connectivity index (χ1n) is 9.38. The highest BCUT2D eigenvalue weighted by molar-refractivity contribution is 5.92. The number of methoxy groups -OCH3 is 2. The molecule has 1 aromatic heterocycles. The Morgan fingerprint density at radius 2 is 1.86 bits per heavy atom. The van der Waals surface area contributed by atoms with Gasteiger partial charge in [0, 0.05) is 18.8 Å². The molecular weight excluding hydrogens is 368 g/mol. The van der Waals surface area contributed by atoms with Gasteiger partial charge in [0.25, 0.3) is 5.91 Å². The molecule has 29 heavy (non-hydrogen) atoms. The third-order valence-corrected chi connectivity index (χ3v) is 4.95. The van der Waals surface area contributed by atoms with Gasteiger partial charge in [-0.3, -0.25) is 4.79 Å². The lowest BCUT2D eigenvalue weighted by Gasteiger charge is -2.17. The van der Waals surface area contributed by atoms with Gasteiger partial charge in [-0.15, -0.1) is 10.2 Å². The molecule has 0 unspecified atom stereocenters. The average Bonchev–Trinajstić information content (AvgIpc) is 3.21.